The first kappa shape index (κ1) is 18.6. The number of hydrogen-bond acceptors (Lipinski definition) is 3. The normalized spacial score (nSPS) is 14.6. The third kappa shape index (κ3) is 3.40. The molecule has 2 heterocycles. The van der Waals surface area contributed by atoms with Gasteiger partial charge in [-0.1, -0.05) is 23.7 Å². The zero-order valence-corrected chi connectivity index (χ0v) is 17.1. The monoisotopic (exact) mass is 397 g/mol. The van der Waals surface area contributed by atoms with Gasteiger partial charge in [0.1, 0.15) is 0 Å². The van der Waals surface area contributed by atoms with E-state index in [0.29, 0.717) is 19.0 Å². The Bertz CT molecular complexity index is 1040. The van der Waals surface area contributed by atoms with Crippen LogP contribution in [0.15, 0.2) is 36.4 Å². The topological polar surface area (TPSA) is 53.4 Å². The highest BCUT2D eigenvalue weighted by Gasteiger charge is 2.23. The Labute approximate surface area is 169 Å². The van der Waals surface area contributed by atoms with E-state index >= 15 is 0 Å². The molecule has 0 unspecified atom stereocenters. The molecule has 0 bridgehead atoms. The van der Waals surface area contributed by atoms with E-state index in [1.54, 1.807) is 0 Å². The summed E-state index contributed by atoms with van der Waals surface area (Å²) < 4.78 is 1.93. The molecule has 146 valence electrons. The van der Waals surface area contributed by atoms with Crippen molar-refractivity contribution in [3.05, 3.63) is 52.5 Å². The summed E-state index contributed by atoms with van der Waals surface area (Å²) in [5, 5.41) is 3.71. The molecule has 0 aliphatic carbocycles. The van der Waals surface area contributed by atoms with Crippen LogP contribution in [0.3, 0.4) is 0 Å². The molecular weight excluding hydrogens is 374 g/mol. The van der Waals surface area contributed by atoms with Crippen molar-refractivity contribution in [2.45, 2.75) is 13.8 Å². The number of benzene rings is 2. The maximum Gasteiger partial charge on any atom is 0.324 e. The van der Waals surface area contributed by atoms with Crippen molar-refractivity contribution >= 4 is 40.3 Å². The maximum absolute atomic E-state index is 12.8. The quantitative estimate of drug-likeness (QED) is 0.705. The van der Waals surface area contributed by atoms with Gasteiger partial charge in [-0.25, -0.2) is 9.78 Å². The molecule has 1 fully saturated rings. The zero-order valence-electron chi connectivity index (χ0n) is 16.4. The van der Waals surface area contributed by atoms with Gasteiger partial charge in [0.15, 0.2) is 0 Å². The largest absolute Gasteiger partial charge is 0.367 e. The van der Waals surface area contributed by atoms with Crippen molar-refractivity contribution in [3.63, 3.8) is 0 Å². The van der Waals surface area contributed by atoms with Crippen LogP contribution in [0.4, 0.5) is 16.4 Å². The predicted octanol–water partition coefficient (Wildman–Crippen LogP) is 4.20. The number of carbonyl (C=O) groups is 1. The summed E-state index contributed by atoms with van der Waals surface area (Å²) in [4.78, 5) is 21.4. The molecule has 4 rings (SSSR count). The van der Waals surface area contributed by atoms with Gasteiger partial charge in [-0.05, 0) is 49.2 Å². The molecule has 0 spiro atoms. The Kier molecular flexibility index (Phi) is 4.89. The molecule has 1 aromatic heterocycles. The molecule has 28 heavy (non-hydrogen) atoms. The first-order valence-electron chi connectivity index (χ1n) is 9.43. The lowest BCUT2D eigenvalue weighted by atomic mass is 10.1. The molecule has 1 saturated heterocycles. The van der Waals surface area contributed by atoms with E-state index in [2.05, 4.69) is 41.2 Å². The number of anilines is 2. The minimum Gasteiger partial charge on any atom is -0.367 e. The number of piperazine rings is 1. The van der Waals surface area contributed by atoms with Gasteiger partial charge in [0.2, 0.25) is 5.95 Å². The van der Waals surface area contributed by atoms with Gasteiger partial charge < -0.3 is 14.4 Å². The molecule has 3 aromatic rings. The van der Waals surface area contributed by atoms with Crippen molar-refractivity contribution in [2.75, 3.05) is 36.4 Å². The number of urea groups is 1. The average Bonchev–Trinajstić information content (AvgIpc) is 2.97. The molecule has 7 heteroatoms. The minimum atomic E-state index is -0.120. The van der Waals surface area contributed by atoms with Crippen LogP contribution < -0.4 is 10.2 Å². The SMILES string of the molecule is Cc1cc2nc(NC(=O)N3CCN(c4ccccc4Cl)CC3)n(C)c2cc1C. The smallest absolute Gasteiger partial charge is 0.324 e. The van der Waals surface area contributed by atoms with Gasteiger partial charge in [-0.3, -0.25) is 5.32 Å². The predicted molar refractivity (Wildman–Crippen MR) is 114 cm³/mol. The lowest BCUT2D eigenvalue weighted by Crippen LogP contribution is -2.50. The lowest BCUT2D eigenvalue weighted by Gasteiger charge is -2.36. The number of nitrogens with zero attached hydrogens (tertiary/aromatic N) is 4. The summed E-state index contributed by atoms with van der Waals surface area (Å²) in [6.45, 7) is 6.92. The first-order chi connectivity index (χ1) is 13.4. The number of halogens is 1. The van der Waals surface area contributed by atoms with E-state index in [-0.39, 0.29) is 6.03 Å². The van der Waals surface area contributed by atoms with Crippen LogP contribution in [-0.4, -0.2) is 46.7 Å². The lowest BCUT2D eigenvalue weighted by molar-refractivity contribution is 0.208. The number of rotatable bonds is 2. The standard InChI is InChI=1S/C21H24ClN5O/c1-14-12-17-19(13-15(14)2)25(3)20(23-17)24-21(28)27-10-8-26(9-11-27)18-7-5-4-6-16(18)22/h4-7,12-13H,8-11H2,1-3H3,(H,23,24,28). The van der Waals surface area contributed by atoms with Crippen LogP contribution in [0, 0.1) is 13.8 Å². The van der Waals surface area contributed by atoms with Gasteiger partial charge in [0.25, 0.3) is 0 Å². The molecule has 1 aliphatic rings. The highest BCUT2D eigenvalue weighted by molar-refractivity contribution is 6.33. The Morgan fingerprint density at radius 3 is 2.46 bits per heavy atom. The van der Waals surface area contributed by atoms with Crippen molar-refractivity contribution in [1.82, 2.24) is 14.5 Å². The molecule has 0 saturated carbocycles. The molecule has 1 aliphatic heterocycles. The summed E-state index contributed by atoms with van der Waals surface area (Å²) in [6.07, 6.45) is 0. The van der Waals surface area contributed by atoms with Crippen LogP contribution in [-0.2, 0) is 7.05 Å². The number of fused-ring (bicyclic) bond motifs is 1. The van der Waals surface area contributed by atoms with Crippen molar-refractivity contribution in [2.24, 2.45) is 7.05 Å². The zero-order chi connectivity index (χ0) is 19.8. The summed E-state index contributed by atoms with van der Waals surface area (Å²) in [5.41, 5.74) is 5.33. The average molecular weight is 398 g/mol. The van der Waals surface area contributed by atoms with Crippen LogP contribution in [0.5, 0.6) is 0 Å². The summed E-state index contributed by atoms with van der Waals surface area (Å²) in [5.74, 6) is 0.568. The van der Waals surface area contributed by atoms with E-state index in [4.69, 9.17) is 11.6 Å². The van der Waals surface area contributed by atoms with E-state index in [9.17, 15) is 4.79 Å². The Morgan fingerprint density at radius 1 is 1.07 bits per heavy atom. The van der Waals surface area contributed by atoms with Gasteiger partial charge in [0, 0.05) is 33.2 Å². The van der Waals surface area contributed by atoms with Crippen LogP contribution >= 0.6 is 11.6 Å². The second-order valence-corrected chi connectivity index (χ2v) is 7.68. The van der Waals surface area contributed by atoms with E-state index < -0.39 is 0 Å². The summed E-state index contributed by atoms with van der Waals surface area (Å²) in [6, 6.07) is 11.9. The summed E-state index contributed by atoms with van der Waals surface area (Å²) >= 11 is 6.30. The first-order valence-corrected chi connectivity index (χ1v) is 9.81. The summed E-state index contributed by atoms with van der Waals surface area (Å²) in [7, 11) is 1.93. The molecule has 0 atom stereocenters. The molecular formula is C21H24ClN5O. The number of nitrogens with one attached hydrogen (secondary N) is 1. The Hall–Kier alpha value is -2.73. The molecule has 2 amide bonds. The number of para-hydroxylation sites is 1. The Balaban J connectivity index is 1.44. The highest BCUT2D eigenvalue weighted by Crippen LogP contribution is 2.26. The number of carbonyl (C=O) groups excluding carboxylic acids is 1. The number of aryl methyl sites for hydroxylation is 3. The fourth-order valence-electron chi connectivity index (χ4n) is 3.59. The molecule has 1 N–H and O–H groups in total. The van der Waals surface area contributed by atoms with Crippen molar-refractivity contribution in [3.8, 4) is 0 Å². The third-order valence-electron chi connectivity index (χ3n) is 5.48. The van der Waals surface area contributed by atoms with Crippen LogP contribution in [0.1, 0.15) is 11.1 Å². The van der Waals surface area contributed by atoms with Crippen LogP contribution in [0.2, 0.25) is 5.02 Å². The second kappa shape index (κ2) is 7.36. The highest BCUT2D eigenvalue weighted by atomic mass is 35.5. The fraction of sp³-hybridized carbons (Fsp3) is 0.333. The number of aromatic nitrogens is 2. The number of amides is 2. The second-order valence-electron chi connectivity index (χ2n) is 7.28. The number of hydrogen-bond donors (Lipinski definition) is 1. The van der Waals surface area contributed by atoms with Gasteiger partial charge >= 0.3 is 6.03 Å². The van der Waals surface area contributed by atoms with Gasteiger partial charge in [0.05, 0.1) is 21.7 Å². The third-order valence-corrected chi connectivity index (χ3v) is 5.79. The Morgan fingerprint density at radius 2 is 1.75 bits per heavy atom. The maximum atomic E-state index is 12.8. The minimum absolute atomic E-state index is 0.120. The molecule has 0 radical (unpaired) electrons. The van der Waals surface area contributed by atoms with E-state index in [1.165, 1.54) is 11.1 Å². The van der Waals surface area contributed by atoms with Gasteiger partial charge in [-0.15, -0.1) is 0 Å². The van der Waals surface area contributed by atoms with E-state index in [0.717, 1.165) is 34.8 Å². The number of imidazole rings is 1. The van der Waals surface area contributed by atoms with E-state index in [1.807, 2.05) is 40.8 Å². The van der Waals surface area contributed by atoms with Crippen LogP contribution in [0.25, 0.3) is 11.0 Å². The molecule has 6 nitrogen and oxygen atoms in total. The fourth-order valence-corrected chi connectivity index (χ4v) is 3.85. The molecule has 2 aromatic carbocycles. The van der Waals surface area contributed by atoms with Gasteiger partial charge in [-0.2, -0.15) is 0 Å². The van der Waals surface area contributed by atoms with Crippen molar-refractivity contribution in [1.29, 1.82) is 0 Å². The van der Waals surface area contributed by atoms with Crippen molar-refractivity contribution < 1.29 is 4.79 Å².